The number of carbonyl (C=O) groups is 1. The zero-order chi connectivity index (χ0) is 10.6. The molecule has 1 amide bonds. The molecule has 0 aliphatic rings. The Hall–Kier alpha value is -1.68. The van der Waals surface area contributed by atoms with E-state index in [2.05, 4.69) is 0 Å². The second-order valence-corrected chi connectivity index (χ2v) is 3.00. The molecule has 0 bridgehead atoms. The molecular formula is C10H12N2O2. The molecule has 0 spiro atoms. The van der Waals surface area contributed by atoms with Crippen molar-refractivity contribution in [3.05, 3.63) is 35.4 Å². The predicted octanol–water partition coefficient (Wildman–Crippen LogP) is 0.340. The third kappa shape index (κ3) is 2.67. The number of amides is 1. The molecule has 1 rings (SSSR count). The van der Waals surface area contributed by atoms with Crippen LogP contribution in [0.15, 0.2) is 24.3 Å². The molecule has 0 saturated heterocycles. The van der Waals surface area contributed by atoms with Crippen molar-refractivity contribution in [1.82, 2.24) is 0 Å². The standard InChI is InChI=1S/C10H12N2O2/c11-9(6-13)5-7-1-3-8(4-2-7)10(12)14/h1-4,11,13H,5-6H2,(H2,12,14). The fraction of sp³-hybridized carbons (Fsp3) is 0.200. The van der Waals surface area contributed by atoms with Gasteiger partial charge in [-0.15, -0.1) is 0 Å². The topological polar surface area (TPSA) is 87.2 Å². The van der Waals surface area contributed by atoms with Crippen molar-refractivity contribution in [1.29, 1.82) is 5.41 Å². The Morgan fingerprint density at radius 3 is 2.36 bits per heavy atom. The number of nitrogens with two attached hydrogens (primary N) is 1. The number of aliphatic hydroxyl groups excluding tert-OH is 1. The average molecular weight is 192 g/mol. The highest BCUT2D eigenvalue weighted by Crippen LogP contribution is 2.04. The first-order valence-corrected chi connectivity index (χ1v) is 4.19. The van der Waals surface area contributed by atoms with Gasteiger partial charge < -0.3 is 16.2 Å². The first-order chi connectivity index (χ1) is 6.63. The maximum Gasteiger partial charge on any atom is 0.248 e. The largest absolute Gasteiger partial charge is 0.390 e. The zero-order valence-electron chi connectivity index (χ0n) is 7.66. The van der Waals surface area contributed by atoms with Crippen molar-refractivity contribution in [3.8, 4) is 0 Å². The Morgan fingerprint density at radius 2 is 1.93 bits per heavy atom. The van der Waals surface area contributed by atoms with Crippen LogP contribution in [0.4, 0.5) is 0 Å². The summed E-state index contributed by atoms with van der Waals surface area (Å²) in [5.41, 5.74) is 6.65. The monoisotopic (exact) mass is 192 g/mol. The maximum absolute atomic E-state index is 10.7. The van der Waals surface area contributed by atoms with Crippen molar-refractivity contribution in [2.45, 2.75) is 6.42 Å². The van der Waals surface area contributed by atoms with Gasteiger partial charge in [-0.2, -0.15) is 0 Å². The summed E-state index contributed by atoms with van der Waals surface area (Å²) in [4.78, 5) is 10.7. The number of primary amides is 1. The molecule has 0 radical (unpaired) electrons. The summed E-state index contributed by atoms with van der Waals surface area (Å²) in [6.07, 6.45) is 0.398. The number of hydrogen-bond acceptors (Lipinski definition) is 3. The SMILES string of the molecule is N=C(CO)Cc1ccc(C(N)=O)cc1. The van der Waals surface area contributed by atoms with E-state index in [4.69, 9.17) is 16.2 Å². The van der Waals surface area contributed by atoms with E-state index in [0.29, 0.717) is 12.0 Å². The zero-order valence-corrected chi connectivity index (χ0v) is 7.66. The Kier molecular flexibility index (Phi) is 3.36. The van der Waals surface area contributed by atoms with Crippen molar-refractivity contribution >= 4 is 11.6 Å². The normalized spacial score (nSPS) is 9.79. The molecule has 0 heterocycles. The van der Waals surface area contributed by atoms with E-state index in [1.54, 1.807) is 24.3 Å². The smallest absolute Gasteiger partial charge is 0.248 e. The van der Waals surface area contributed by atoms with Gasteiger partial charge in [0.2, 0.25) is 5.91 Å². The minimum absolute atomic E-state index is 0.239. The first kappa shape index (κ1) is 10.4. The molecule has 4 heteroatoms. The highest BCUT2D eigenvalue weighted by atomic mass is 16.3. The van der Waals surface area contributed by atoms with Crippen molar-refractivity contribution in [2.24, 2.45) is 5.73 Å². The van der Waals surface area contributed by atoms with Crippen LogP contribution in [0.1, 0.15) is 15.9 Å². The molecule has 1 aromatic carbocycles. The number of hydrogen-bond donors (Lipinski definition) is 3. The lowest BCUT2D eigenvalue weighted by Crippen LogP contribution is -2.11. The summed E-state index contributed by atoms with van der Waals surface area (Å²) in [6, 6.07) is 6.68. The number of rotatable bonds is 4. The van der Waals surface area contributed by atoms with Crippen molar-refractivity contribution in [3.63, 3.8) is 0 Å². The third-order valence-corrected chi connectivity index (χ3v) is 1.85. The molecular weight excluding hydrogens is 180 g/mol. The molecule has 0 fully saturated rings. The number of nitrogens with one attached hydrogen (secondary N) is 1. The van der Waals surface area contributed by atoms with Gasteiger partial charge in [-0.1, -0.05) is 12.1 Å². The molecule has 0 aromatic heterocycles. The fourth-order valence-electron chi connectivity index (χ4n) is 1.09. The molecule has 4 N–H and O–H groups in total. The van der Waals surface area contributed by atoms with Gasteiger partial charge in [0.05, 0.1) is 6.61 Å². The van der Waals surface area contributed by atoms with Crippen molar-refractivity contribution < 1.29 is 9.90 Å². The quantitative estimate of drug-likeness (QED) is 0.601. The second-order valence-electron chi connectivity index (χ2n) is 3.00. The van der Waals surface area contributed by atoms with Crippen LogP contribution >= 0.6 is 0 Å². The minimum atomic E-state index is -0.464. The van der Waals surface area contributed by atoms with E-state index in [-0.39, 0.29) is 12.3 Å². The molecule has 4 nitrogen and oxygen atoms in total. The van der Waals surface area contributed by atoms with Gasteiger partial charge >= 0.3 is 0 Å². The molecule has 0 atom stereocenters. The number of benzene rings is 1. The number of carbonyl (C=O) groups excluding carboxylic acids is 1. The van der Waals surface area contributed by atoms with Crippen molar-refractivity contribution in [2.75, 3.05) is 6.61 Å². The Balaban J connectivity index is 2.73. The van der Waals surface area contributed by atoms with Crippen LogP contribution in [0.25, 0.3) is 0 Å². The highest BCUT2D eigenvalue weighted by Gasteiger charge is 2.01. The summed E-state index contributed by atoms with van der Waals surface area (Å²) in [5.74, 6) is -0.464. The lowest BCUT2D eigenvalue weighted by atomic mass is 10.1. The van der Waals surface area contributed by atoms with E-state index in [9.17, 15) is 4.79 Å². The minimum Gasteiger partial charge on any atom is -0.390 e. The van der Waals surface area contributed by atoms with E-state index < -0.39 is 5.91 Å². The van der Waals surface area contributed by atoms with Gasteiger partial charge in [0.25, 0.3) is 0 Å². The maximum atomic E-state index is 10.7. The molecule has 14 heavy (non-hydrogen) atoms. The summed E-state index contributed by atoms with van der Waals surface area (Å²) in [7, 11) is 0. The Morgan fingerprint density at radius 1 is 1.36 bits per heavy atom. The summed E-state index contributed by atoms with van der Waals surface area (Å²) in [6.45, 7) is -0.239. The second kappa shape index (κ2) is 4.53. The van der Waals surface area contributed by atoms with Crippen LogP contribution in [0.5, 0.6) is 0 Å². The lowest BCUT2D eigenvalue weighted by Gasteiger charge is -2.01. The predicted molar refractivity (Wildman–Crippen MR) is 53.5 cm³/mol. The lowest BCUT2D eigenvalue weighted by molar-refractivity contribution is 0.100. The van der Waals surface area contributed by atoms with E-state index in [0.717, 1.165) is 5.56 Å². The highest BCUT2D eigenvalue weighted by molar-refractivity contribution is 5.93. The van der Waals surface area contributed by atoms with Gasteiger partial charge in [-0.25, -0.2) is 0 Å². The van der Waals surface area contributed by atoms with Gasteiger partial charge in [0.15, 0.2) is 0 Å². The molecule has 1 aromatic rings. The Bertz CT molecular complexity index is 344. The van der Waals surface area contributed by atoms with E-state index in [1.165, 1.54) is 0 Å². The molecule has 0 saturated carbocycles. The van der Waals surface area contributed by atoms with Gasteiger partial charge in [-0.3, -0.25) is 4.79 Å². The molecule has 0 unspecified atom stereocenters. The number of aliphatic hydroxyl groups is 1. The van der Waals surface area contributed by atoms with Crippen LogP contribution < -0.4 is 5.73 Å². The molecule has 0 aliphatic carbocycles. The van der Waals surface area contributed by atoms with E-state index in [1.807, 2.05) is 0 Å². The van der Waals surface area contributed by atoms with E-state index >= 15 is 0 Å². The van der Waals surface area contributed by atoms with Gasteiger partial charge in [0, 0.05) is 17.7 Å². The van der Waals surface area contributed by atoms with Crippen LogP contribution in [-0.4, -0.2) is 23.3 Å². The third-order valence-electron chi connectivity index (χ3n) is 1.85. The Labute approximate surface area is 81.9 Å². The van der Waals surface area contributed by atoms with Crippen LogP contribution in [-0.2, 0) is 6.42 Å². The average Bonchev–Trinajstić information content (AvgIpc) is 2.18. The van der Waals surface area contributed by atoms with Crippen LogP contribution in [0.2, 0.25) is 0 Å². The van der Waals surface area contributed by atoms with Gasteiger partial charge in [-0.05, 0) is 17.7 Å². The molecule has 0 aliphatic heterocycles. The van der Waals surface area contributed by atoms with Gasteiger partial charge in [0.1, 0.15) is 0 Å². The summed E-state index contributed by atoms with van der Waals surface area (Å²) in [5, 5.41) is 15.9. The summed E-state index contributed by atoms with van der Waals surface area (Å²) < 4.78 is 0. The summed E-state index contributed by atoms with van der Waals surface area (Å²) >= 11 is 0. The van der Waals surface area contributed by atoms with Crippen LogP contribution in [0.3, 0.4) is 0 Å². The first-order valence-electron chi connectivity index (χ1n) is 4.19. The fourth-order valence-corrected chi connectivity index (χ4v) is 1.09. The van der Waals surface area contributed by atoms with Crippen LogP contribution in [0, 0.1) is 5.41 Å². The molecule has 74 valence electrons.